The molecule has 0 fully saturated rings. The normalized spacial score (nSPS) is 9.27. The maximum atomic E-state index is 11.1. The molecule has 0 amide bonds. The highest BCUT2D eigenvalue weighted by molar-refractivity contribution is 5.89. The van der Waals surface area contributed by atoms with Crippen LogP contribution in [0.15, 0.2) is 30.1 Å². The first-order valence-corrected chi connectivity index (χ1v) is 3.39. The molecule has 0 aliphatic rings. The van der Waals surface area contributed by atoms with Gasteiger partial charge in [-0.3, -0.25) is 4.79 Å². The van der Waals surface area contributed by atoms with Gasteiger partial charge in [0.2, 0.25) is 0 Å². The van der Waals surface area contributed by atoms with E-state index in [0.29, 0.717) is 0 Å². The van der Waals surface area contributed by atoms with Crippen molar-refractivity contribution in [3.05, 3.63) is 30.1 Å². The van der Waals surface area contributed by atoms with Crippen molar-refractivity contribution >= 4 is 5.91 Å². The minimum atomic E-state index is -0.102. The van der Waals surface area contributed by atoms with Crippen molar-refractivity contribution in [3.63, 3.8) is 0 Å². The van der Waals surface area contributed by atoms with Gasteiger partial charge in [-0.25, -0.2) is 4.68 Å². The fraction of sp³-hybridized carbons (Fsp3) is 0.250. The van der Waals surface area contributed by atoms with E-state index in [2.05, 4.69) is 5.10 Å². The summed E-state index contributed by atoms with van der Waals surface area (Å²) in [5, 5.41) is 3.79. The summed E-state index contributed by atoms with van der Waals surface area (Å²) >= 11 is 0. The molecule has 0 saturated heterocycles. The van der Waals surface area contributed by atoms with Crippen LogP contribution >= 0.6 is 0 Å². The molecule has 11 heavy (non-hydrogen) atoms. The summed E-state index contributed by atoms with van der Waals surface area (Å²) in [6, 6.07) is 1.72. The molecule has 0 saturated carbocycles. The van der Waals surface area contributed by atoms with Crippen LogP contribution < -0.4 is 0 Å². The summed E-state index contributed by atoms with van der Waals surface area (Å²) in [6.07, 6.45) is 4.76. The topological polar surface area (TPSA) is 34.9 Å². The average Bonchev–Trinajstić information content (AvgIpc) is 2.35. The van der Waals surface area contributed by atoms with Gasteiger partial charge in [0.05, 0.1) is 0 Å². The molecule has 0 aliphatic carbocycles. The second kappa shape index (κ2) is 3.14. The molecule has 0 bridgehead atoms. The van der Waals surface area contributed by atoms with Gasteiger partial charge in [-0.2, -0.15) is 5.10 Å². The smallest absolute Gasteiger partial charge is 0.267 e. The second-order valence-electron chi connectivity index (χ2n) is 2.51. The van der Waals surface area contributed by atoms with Gasteiger partial charge < -0.3 is 0 Å². The van der Waals surface area contributed by atoms with Crippen LogP contribution in [-0.2, 0) is 0 Å². The molecule has 0 spiro atoms. The van der Waals surface area contributed by atoms with Gasteiger partial charge >= 0.3 is 0 Å². The first-order valence-electron chi connectivity index (χ1n) is 3.39. The molecule has 1 heterocycles. The Balaban J connectivity index is 2.80. The van der Waals surface area contributed by atoms with Crippen molar-refractivity contribution in [3.8, 4) is 0 Å². The number of aromatic nitrogens is 2. The van der Waals surface area contributed by atoms with Gasteiger partial charge in [0.15, 0.2) is 0 Å². The van der Waals surface area contributed by atoms with Crippen LogP contribution in [0, 0.1) is 0 Å². The number of carbonyl (C=O) groups is 1. The van der Waals surface area contributed by atoms with Crippen LogP contribution in [0.3, 0.4) is 0 Å². The molecule has 0 radical (unpaired) electrons. The Morgan fingerprint density at radius 2 is 2.27 bits per heavy atom. The van der Waals surface area contributed by atoms with Crippen LogP contribution in [0.2, 0.25) is 0 Å². The van der Waals surface area contributed by atoms with Crippen molar-refractivity contribution in [2.24, 2.45) is 0 Å². The molecule has 1 rings (SSSR count). The Morgan fingerprint density at radius 3 is 2.73 bits per heavy atom. The fourth-order valence-electron chi connectivity index (χ4n) is 0.712. The number of allylic oxidation sites excluding steroid dienone is 2. The zero-order chi connectivity index (χ0) is 8.27. The summed E-state index contributed by atoms with van der Waals surface area (Å²) in [6.45, 7) is 3.75. The van der Waals surface area contributed by atoms with Crippen molar-refractivity contribution in [2.45, 2.75) is 13.8 Å². The van der Waals surface area contributed by atoms with E-state index in [-0.39, 0.29) is 5.91 Å². The molecule has 1 aromatic rings. The van der Waals surface area contributed by atoms with Crippen molar-refractivity contribution in [1.82, 2.24) is 9.78 Å². The summed E-state index contributed by atoms with van der Waals surface area (Å²) in [5.41, 5.74) is 0.977. The zero-order valence-electron chi connectivity index (χ0n) is 6.61. The van der Waals surface area contributed by atoms with Crippen LogP contribution in [-0.4, -0.2) is 15.7 Å². The van der Waals surface area contributed by atoms with Crippen molar-refractivity contribution in [1.29, 1.82) is 0 Å². The van der Waals surface area contributed by atoms with E-state index in [1.807, 2.05) is 13.8 Å². The molecular formula is C8H10N2O. The highest BCUT2D eigenvalue weighted by Crippen LogP contribution is 1.92. The Hall–Kier alpha value is -1.38. The molecule has 0 N–H and O–H groups in total. The molecule has 0 unspecified atom stereocenters. The van der Waals surface area contributed by atoms with Gasteiger partial charge in [0, 0.05) is 18.5 Å². The summed E-state index contributed by atoms with van der Waals surface area (Å²) in [5.74, 6) is -0.102. The maximum absolute atomic E-state index is 11.1. The van der Waals surface area contributed by atoms with E-state index >= 15 is 0 Å². The second-order valence-corrected chi connectivity index (χ2v) is 2.51. The molecule has 58 valence electrons. The van der Waals surface area contributed by atoms with Gasteiger partial charge in [-0.15, -0.1) is 0 Å². The third-order valence-corrected chi connectivity index (χ3v) is 1.14. The molecule has 3 heteroatoms. The van der Waals surface area contributed by atoms with E-state index in [9.17, 15) is 4.79 Å². The number of hydrogen-bond acceptors (Lipinski definition) is 2. The number of rotatable bonds is 1. The summed E-state index contributed by atoms with van der Waals surface area (Å²) in [4.78, 5) is 11.1. The highest BCUT2D eigenvalue weighted by atomic mass is 16.2. The van der Waals surface area contributed by atoms with E-state index in [1.165, 1.54) is 4.68 Å². The lowest BCUT2D eigenvalue weighted by Crippen LogP contribution is -2.07. The molecule has 0 aliphatic heterocycles. The summed E-state index contributed by atoms with van der Waals surface area (Å²) < 4.78 is 1.30. The quantitative estimate of drug-likeness (QED) is 0.568. The predicted molar refractivity (Wildman–Crippen MR) is 42.3 cm³/mol. The van der Waals surface area contributed by atoms with E-state index in [4.69, 9.17) is 0 Å². The first kappa shape index (κ1) is 7.72. The third kappa shape index (κ3) is 2.04. The Labute approximate surface area is 65.3 Å². The van der Waals surface area contributed by atoms with Gasteiger partial charge in [-0.1, -0.05) is 5.57 Å². The van der Waals surface area contributed by atoms with Gasteiger partial charge in [0.25, 0.3) is 5.91 Å². The van der Waals surface area contributed by atoms with Gasteiger partial charge in [-0.05, 0) is 19.9 Å². The first-order chi connectivity index (χ1) is 5.20. The van der Waals surface area contributed by atoms with Crippen LogP contribution in [0.5, 0.6) is 0 Å². The zero-order valence-corrected chi connectivity index (χ0v) is 6.61. The standard InChI is InChI=1S/C8H10N2O/c1-7(2)6-8(11)10-5-3-4-9-10/h3-6H,1-2H3. The number of hydrogen-bond donors (Lipinski definition) is 0. The fourth-order valence-corrected chi connectivity index (χ4v) is 0.712. The lowest BCUT2D eigenvalue weighted by Gasteiger charge is -1.92. The van der Waals surface area contributed by atoms with Crippen molar-refractivity contribution < 1.29 is 4.79 Å². The Bertz CT molecular complexity index is 268. The van der Waals surface area contributed by atoms with E-state index in [1.54, 1.807) is 24.5 Å². The maximum Gasteiger partial charge on any atom is 0.270 e. The number of carbonyl (C=O) groups excluding carboxylic acids is 1. The minimum Gasteiger partial charge on any atom is -0.267 e. The molecule has 0 aromatic carbocycles. The third-order valence-electron chi connectivity index (χ3n) is 1.14. The molecule has 3 nitrogen and oxygen atoms in total. The Morgan fingerprint density at radius 1 is 1.55 bits per heavy atom. The van der Waals surface area contributed by atoms with E-state index in [0.717, 1.165) is 5.57 Å². The monoisotopic (exact) mass is 150 g/mol. The SMILES string of the molecule is CC(C)=CC(=O)n1cccn1. The largest absolute Gasteiger partial charge is 0.270 e. The van der Waals surface area contributed by atoms with Crippen LogP contribution in [0.1, 0.15) is 18.6 Å². The van der Waals surface area contributed by atoms with Crippen LogP contribution in [0.4, 0.5) is 0 Å². The molecular weight excluding hydrogens is 140 g/mol. The molecule has 1 aromatic heterocycles. The van der Waals surface area contributed by atoms with Crippen molar-refractivity contribution in [2.75, 3.05) is 0 Å². The summed E-state index contributed by atoms with van der Waals surface area (Å²) in [7, 11) is 0. The average molecular weight is 150 g/mol. The Kier molecular flexibility index (Phi) is 2.21. The lowest BCUT2D eigenvalue weighted by atomic mass is 10.3. The molecule has 0 atom stereocenters. The van der Waals surface area contributed by atoms with Crippen LogP contribution in [0.25, 0.3) is 0 Å². The lowest BCUT2D eigenvalue weighted by molar-refractivity contribution is 0.0953. The van der Waals surface area contributed by atoms with Gasteiger partial charge in [0.1, 0.15) is 0 Å². The number of nitrogens with zero attached hydrogens (tertiary/aromatic N) is 2. The predicted octanol–water partition coefficient (Wildman–Crippen LogP) is 1.49. The van der Waals surface area contributed by atoms with E-state index < -0.39 is 0 Å². The minimum absolute atomic E-state index is 0.102. The highest BCUT2D eigenvalue weighted by Gasteiger charge is 1.97.